The number of nitrogens with zero attached hydrogens (tertiary/aromatic N) is 1. The number of esters is 1. The summed E-state index contributed by atoms with van der Waals surface area (Å²) in [5, 5.41) is 11.5. The van der Waals surface area contributed by atoms with Crippen molar-refractivity contribution >= 4 is 5.97 Å². The van der Waals surface area contributed by atoms with E-state index in [9.17, 15) is 9.90 Å². The topological polar surface area (TPSA) is 49.8 Å². The van der Waals surface area contributed by atoms with E-state index in [1.807, 2.05) is 0 Å². The highest BCUT2D eigenvalue weighted by atomic mass is 16.6. The van der Waals surface area contributed by atoms with Crippen LogP contribution in [0.15, 0.2) is 0 Å². The average molecular weight is 279 g/mol. The van der Waals surface area contributed by atoms with Crippen molar-refractivity contribution in [3.05, 3.63) is 0 Å². The van der Waals surface area contributed by atoms with Gasteiger partial charge in [-0.2, -0.15) is 0 Å². The van der Waals surface area contributed by atoms with Crippen LogP contribution in [0.5, 0.6) is 0 Å². The lowest BCUT2D eigenvalue weighted by atomic mass is 9.53. The minimum absolute atomic E-state index is 0.0362. The molecule has 0 aromatic heterocycles. The Kier molecular flexibility index (Phi) is 2.34. The van der Waals surface area contributed by atoms with Gasteiger partial charge in [-0.3, -0.25) is 9.69 Å². The van der Waals surface area contributed by atoms with Crippen molar-refractivity contribution in [2.75, 3.05) is 13.6 Å². The Labute approximate surface area is 120 Å². The predicted octanol–water partition coefficient (Wildman–Crippen LogP) is 1.28. The Morgan fingerprint density at radius 3 is 2.80 bits per heavy atom. The first-order chi connectivity index (χ1) is 9.32. The fraction of sp³-hybridized carbons (Fsp3) is 0.938. The maximum atomic E-state index is 12.4. The molecule has 7 unspecified atom stereocenters. The van der Waals surface area contributed by atoms with Gasteiger partial charge in [0.2, 0.25) is 0 Å². The number of ether oxygens (including phenoxy) is 1. The Bertz CT molecular complexity index is 478. The molecule has 4 heteroatoms. The van der Waals surface area contributed by atoms with Gasteiger partial charge in [0.1, 0.15) is 6.10 Å². The smallest absolute Gasteiger partial charge is 0.312 e. The molecule has 4 aliphatic rings. The van der Waals surface area contributed by atoms with Gasteiger partial charge in [-0.1, -0.05) is 20.8 Å². The van der Waals surface area contributed by atoms with Crippen LogP contribution in [-0.2, 0) is 9.53 Å². The van der Waals surface area contributed by atoms with Gasteiger partial charge in [-0.15, -0.1) is 0 Å². The number of rotatable bonds is 1. The summed E-state index contributed by atoms with van der Waals surface area (Å²) in [4.78, 5) is 14.8. The molecule has 4 fully saturated rings. The summed E-state index contributed by atoms with van der Waals surface area (Å²) in [5.74, 6) is 0.546. The van der Waals surface area contributed by atoms with Gasteiger partial charge in [0, 0.05) is 17.9 Å². The molecule has 112 valence electrons. The number of likely N-dealkylation sites (tertiary alicyclic amines) is 1. The Balaban J connectivity index is 1.92. The van der Waals surface area contributed by atoms with E-state index in [0.29, 0.717) is 11.8 Å². The minimum Gasteiger partial charge on any atom is -0.460 e. The van der Waals surface area contributed by atoms with E-state index in [4.69, 9.17) is 4.74 Å². The fourth-order valence-electron chi connectivity index (χ4n) is 6.28. The molecule has 2 saturated heterocycles. The highest BCUT2D eigenvalue weighted by Gasteiger charge is 2.78. The number of carbonyl (C=O) groups is 1. The van der Waals surface area contributed by atoms with Gasteiger partial charge in [0.05, 0.1) is 17.6 Å². The molecule has 0 spiro atoms. The second-order valence-corrected chi connectivity index (χ2v) is 8.03. The molecular formula is C16H25NO3. The van der Waals surface area contributed by atoms with Crippen LogP contribution in [0.1, 0.15) is 33.6 Å². The first-order valence-corrected chi connectivity index (χ1v) is 7.95. The maximum absolute atomic E-state index is 12.4. The van der Waals surface area contributed by atoms with Crippen LogP contribution in [-0.4, -0.2) is 47.3 Å². The molecule has 2 bridgehead atoms. The highest BCUT2D eigenvalue weighted by Crippen LogP contribution is 2.68. The molecule has 0 aromatic carbocycles. The normalized spacial score (nSPS) is 57.3. The lowest BCUT2D eigenvalue weighted by Crippen LogP contribution is -2.66. The van der Waals surface area contributed by atoms with E-state index in [0.717, 1.165) is 19.4 Å². The lowest BCUT2D eigenvalue weighted by Gasteiger charge is -2.54. The lowest BCUT2D eigenvalue weighted by molar-refractivity contribution is -0.169. The molecular weight excluding hydrogens is 254 g/mol. The van der Waals surface area contributed by atoms with Gasteiger partial charge in [-0.25, -0.2) is 0 Å². The molecule has 0 radical (unpaired) electrons. The van der Waals surface area contributed by atoms with Crippen molar-refractivity contribution in [3.63, 3.8) is 0 Å². The fourth-order valence-corrected chi connectivity index (χ4v) is 6.28. The Hall–Kier alpha value is -0.610. The second kappa shape index (κ2) is 3.58. The third kappa shape index (κ3) is 1.13. The molecule has 1 N–H and O–H groups in total. The number of carbonyl (C=O) groups excluding carboxylic acids is 1. The largest absolute Gasteiger partial charge is 0.460 e. The van der Waals surface area contributed by atoms with Crippen LogP contribution < -0.4 is 0 Å². The van der Waals surface area contributed by atoms with Crippen molar-refractivity contribution in [3.8, 4) is 0 Å². The highest BCUT2D eigenvalue weighted by molar-refractivity contribution is 5.78. The summed E-state index contributed by atoms with van der Waals surface area (Å²) in [6.07, 6.45) is 1.76. The molecule has 4 rings (SSSR count). The van der Waals surface area contributed by atoms with Crippen LogP contribution in [0.4, 0.5) is 0 Å². The molecule has 20 heavy (non-hydrogen) atoms. The minimum atomic E-state index is -0.869. The zero-order valence-electron chi connectivity index (χ0n) is 12.8. The van der Waals surface area contributed by atoms with Gasteiger partial charge < -0.3 is 9.84 Å². The molecule has 0 aromatic rings. The maximum Gasteiger partial charge on any atom is 0.312 e. The monoisotopic (exact) mass is 279 g/mol. The van der Waals surface area contributed by atoms with Crippen LogP contribution in [0.25, 0.3) is 0 Å². The Morgan fingerprint density at radius 2 is 2.15 bits per heavy atom. The summed E-state index contributed by atoms with van der Waals surface area (Å²) in [5.41, 5.74) is -1.05. The quantitative estimate of drug-likeness (QED) is 0.735. The van der Waals surface area contributed by atoms with E-state index in [2.05, 4.69) is 32.7 Å². The van der Waals surface area contributed by atoms with Crippen molar-refractivity contribution in [1.82, 2.24) is 4.90 Å². The van der Waals surface area contributed by atoms with E-state index in [-0.39, 0.29) is 35.4 Å². The first-order valence-electron chi connectivity index (χ1n) is 7.95. The van der Waals surface area contributed by atoms with Crippen LogP contribution in [0.3, 0.4) is 0 Å². The molecule has 2 heterocycles. The summed E-state index contributed by atoms with van der Waals surface area (Å²) < 4.78 is 5.79. The molecule has 7 atom stereocenters. The molecule has 4 nitrogen and oxygen atoms in total. The van der Waals surface area contributed by atoms with Crippen molar-refractivity contribution in [1.29, 1.82) is 0 Å². The van der Waals surface area contributed by atoms with Crippen LogP contribution in [0, 0.1) is 29.1 Å². The summed E-state index contributed by atoms with van der Waals surface area (Å²) in [7, 11) is 2.12. The summed E-state index contributed by atoms with van der Waals surface area (Å²) in [6, 6.07) is 0.176. The third-order valence-electron chi connectivity index (χ3n) is 7.12. The van der Waals surface area contributed by atoms with Crippen LogP contribution >= 0.6 is 0 Å². The first kappa shape index (κ1) is 13.1. The number of hydrogen-bond donors (Lipinski definition) is 1. The van der Waals surface area contributed by atoms with E-state index >= 15 is 0 Å². The average Bonchev–Trinajstić information content (AvgIpc) is 2.88. The van der Waals surface area contributed by atoms with Gasteiger partial charge in [0.25, 0.3) is 0 Å². The summed E-state index contributed by atoms with van der Waals surface area (Å²) >= 11 is 0. The predicted molar refractivity (Wildman–Crippen MR) is 73.9 cm³/mol. The van der Waals surface area contributed by atoms with Gasteiger partial charge in [-0.05, 0) is 31.7 Å². The number of fused-ring (bicyclic) bond motifs is 4. The van der Waals surface area contributed by atoms with E-state index in [1.54, 1.807) is 0 Å². The number of hydrogen-bond acceptors (Lipinski definition) is 4. The number of aliphatic hydroxyl groups is 1. The van der Waals surface area contributed by atoms with Crippen molar-refractivity contribution in [2.45, 2.75) is 51.4 Å². The zero-order chi connectivity index (χ0) is 14.4. The second-order valence-electron chi connectivity index (χ2n) is 8.03. The third-order valence-corrected chi connectivity index (χ3v) is 7.12. The van der Waals surface area contributed by atoms with Crippen LogP contribution in [0.2, 0.25) is 0 Å². The van der Waals surface area contributed by atoms with E-state index < -0.39 is 5.60 Å². The van der Waals surface area contributed by atoms with Gasteiger partial charge >= 0.3 is 5.97 Å². The molecule has 2 saturated carbocycles. The van der Waals surface area contributed by atoms with E-state index in [1.165, 1.54) is 0 Å². The zero-order valence-corrected chi connectivity index (χ0v) is 12.8. The Morgan fingerprint density at radius 1 is 1.45 bits per heavy atom. The SMILES string of the molecule is CC(C)C1C2OC(=O)C1C1(O)CCC3CN(C)C2C31C. The molecule has 0 amide bonds. The summed E-state index contributed by atoms with van der Waals surface area (Å²) in [6.45, 7) is 7.53. The molecule has 2 aliphatic heterocycles. The standard InChI is InChI=1S/C16H25NO3/c1-8(2)10-11-14(18)20-12(10)13-15(3)9(7-17(13)4)5-6-16(11,15)19/h8-13,19H,5-7H2,1-4H3. The van der Waals surface area contributed by atoms with Gasteiger partial charge in [0.15, 0.2) is 0 Å². The van der Waals surface area contributed by atoms with Crippen molar-refractivity contribution in [2.24, 2.45) is 29.1 Å². The van der Waals surface area contributed by atoms with Crippen molar-refractivity contribution < 1.29 is 14.6 Å². The molecule has 2 aliphatic carbocycles. The number of likely N-dealkylation sites (N-methyl/N-ethyl adjacent to an activating group) is 1.